The van der Waals surface area contributed by atoms with Gasteiger partial charge in [-0.2, -0.15) is 4.98 Å². The molecule has 148 valence electrons. The molecule has 27 heavy (non-hydrogen) atoms. The van der Waals surface area contributed by atoms with Crippen molar-refractivity contribution in [3.05, 3.63) is 24.3 Å². The van der Waals surface area contributed by atoms with E-state index in [1.807, 2.05) is 6.07 Å². The highest BCUT2D eigenvalue weighted by Crippen LogP contribution is 2.29. The monoisotopic (exact) mass is 370 g/mol. The van der Waals surface area contributed by atoms with Gasteiger partial charge in [0.1, 0.15) is 5.82 Å². The van der Waals surface area contributed by atoms with E-state index in [0.29, 0.717) is 5.92 Å². The van der Waals surface area contributed by atoms with Crippen molar-refractivity contribution in [3.8, 4) is 0 Å². The Bertz CT molecular complexity index is 724. The van der Waals surface area contributed by atoms with Crippen LogP contribution in [-0.4, -0.2) is 62.2 Å². The first-order valence-electron chi connectivity index (χ1n) is 10.1. The molecule has 1 aromatic heterocycles. The number of nitrogens with zero attached hydrogens (tertiary/aromatic N) is 4. The lowest BCUT2D eigenvalue weighted by Crippen LogP contribution is -2.29. The summed E-state index contributed by atoms with van der Waals surface area (Å²) in [5, 5.41) is 4.61. The van der Waals surface area contributed by atoms with E-state index in [9.17, 15) is 0 Å². The van der Waals surface area contributed by atoms with E-state index < -0.39 is 0 Å². The zero-order valence-electron chi connectivity index (χ0n) is 17.0. The van der Waals surface area contributed by atoms with Gasteiger partial charge in [0.15, 0.2) is 0 Å². The zero-order chi connectivity index (χ0) is 19.2. The number of rotatable bonds is 8. The van der Waals surface area contributed by atoms with Crippen LogP contribution in [0.15, 0.2) is 24.3 Å². The van der Waals surface area contributed by atoms with Crippen LogP contribution >= 0.6 is 0 Å². The first kappa shape index (κ1) is 19.8. The fraction of sp³-hybridized carbons (Fsp3) is 0.619. The zero-order valence-corrected chi connectivity index (χ0v) is 17.0. The summed E-state index contributed by atoms with van der Waals surface area (Å²) in [7, 11) is 6.30. The molecule has 3 rings (SSSR count). The van der Waals surface area contributed by atoms with Gasteiger partial charge in [0.25, 0.3) is 0 Å². The number of fused-ring (bicyclic) bond motifs is 1. The van der Waals surface area contributed by atoms with Gasteiger partial charge in [-0.3, -0.25) is 0 Å². The quantitative estimate of drug-likeness (QED) is 0.745. The largest absolute Gasteiger partial charge is 0.358 e. The smallest absolute Gasteiger partial charge is 0.225 e. The average Bonchev–Trinajstić information content (AvgIpc) is 2.70. The predicted molar refractivity (Wildman–Crippen MR) is 114 cm³/mol. The summed E-state index contributed by atoms with van der Waals surface area (Å²) >= 11 is 0. The molecule has 1 aromatic carbocycles. The molecule has 1 fully saturated rings. The fourth-order valence-electron chi connectivity index (χ4n) is 3.79. The van der Waals surface area contributed by atoms with Gasteiger partial charge < -0.3 is 20.9 Å². The Morgan fingerprint density at radius 2 is 1.70 bits per heavy atom. The van der Waals surface area contributed by atoms with E-state index in [1.54, 1.807) is 0 Å². The van der Waals surface area contributed by atoms with Crippen molar-refractivity contribution in [2.75, 3.05) is 57.5 Å². The summed E-state index contributed by atoms with van der Waals surface area (Å²) in [5.41, 5.74) is 6.81. The topological polar surface area (TPSA) is 70.3 Å². The van der Waals surface area contributed by atoms with Gasteiger partial charge in [0.2, 0.25) is 5.95 Å². The summed E-state index contributed by atoms with van der Waals surface area (Å²) in [4.78, 5) is 14.0. The summed E-state index contributed by atoms with van der Waals surface area (Å²) < 4.78 is 0. The minimum atomic E-state index is 0.692. The van der Waals surface area contributed by atoms with Crippen LogP contribution in [0.2, 0.25) is 0 Å². The Kier molecular flexibility index (Phi) is 6.85. The Morgan fingerprint density at radius 1 is 1.00 bits per heavy atom. The molecule has 6 heteroatoms. The highest BCUT2D eigenvalue weighted by molar-refractivity contribution is 5.90. The minimum Gasteiger partial charge on any atom is -0.358 e. The summed E-state index contributed by atoms with van der Waals surface area (Å²) in [6, 6.07) is 8.27. The van der Waals surface area contributed by atoms with Gasteiger partial charge >= 0.3 is 0 Å². The van der Waals surface area contributed by atoms with Crippen LogP contribution in [0.25, 0.3) is 10.9 Å². The first-order chi connectivity index (χ1) is 13.1. The van der Waals surface area contributed by atoms with E-state index in [4.69, 9.17) is 15.7 Å². The van der Waals surface area contributed by atoms with Crippen LogP contribution in [-0.2, 0) is 0 Å². The fourth-order valence-corrected chi connectivity index (χ4v) is 3.79. The van der Waals surface area contributed by atoms with E-state index in [1.165, 1.54) is 25.7 Å². The van der Waals surface area contributed by atoms with Crippen molar-refractivity contribution >= 4 is 22.7 Å². The third-order valence-corrected chi connectivity index (χ3v) is 5.68. The van der Waals surface area contributed by atoms with Crippen molar-refractivity contribution in [1.29, 1.82) is 0 Å². The molecule has 0 saturated heterocycles. The van der Waals surface area contributed by atoms with Crippen LogP contribution in [0.1, 0.15) is 25.7 Å². The normalized spacial score (nSPS) is 20.2. The number of aromatic nitrogens is 2. The van der Waals surface area contributed by atoms with Crippen LogP contribution in [0.4, 0.5) is 11.8 Å². The maximum absolute atomic E-state index is 5.81. The third kappa shape index (κ3) is 5.30. The van der Waals surface area contributed by atoms with Crippen LogP contribution in [0.3, 0.4) is 0 Å². The molecule has 1 aliphatic carbocycles. The predicted octanol–water partition coefficient (Wildman–Crippen LogP) is 2.80. The molecule has 0 spiro atoms. The van der Waals surface area contributed by atoms with E-state index in [0.717, 1.165) is 54.8 Å². The molecule has 0 radical (unpaired) electrons. The number of nitrogens with one attached hydrogen (secondary N) is 1. The van der Waals surface area contributed by atoms with E-state index >= 15 is 0 Å². The number of benzene rings is 1. The number of para-hydroxylation sites is 1. The SMILES string of the molecule is CN(C)CCN(C)c1nc(NCC2CCC(CN)CC2)nc2ccccc12. The molecule has 0 bridgehead atoms. The molecule has 1 aliphatic rings. The summed E-state index contributed by atoms with van der Waals surface area (Å²) in [6.45, 7) is 3.69. The van der Waals surface area contributed by atoms with E-state index in [-0.39, 0.29) is 0 Å². The molecule has 1 saturated carbocycles. The molecule has 0 aliphatic heterocycles. The third-order valence-electron chi connectivity index (χ3n) is 5.68. The Morgan fingerprint density at radius 3 is 2.41 bits per heavy atom. The number of hydrogen-bond acceptors (Lipinski definition) is 6. The second-order valence-corrected chi connectivity index (χ2v) is 8.12. The highest BCUT2D eigenvalue weighted by atomic mass is 15.2. The van der Waals surface area contributed by atoms with Crippen molar-refractivity contribution in [3.63, 3.8) is 0 Å². The molecule has 2 aromatic rings. The van der Waals surface area contributed by atoms with Gasteiger partial charge in [0, 0.05) is 32.1 Å². The molecule has 6 nitrogen and oxygen atoms in total. The molecular formula is C21H34N6. The van der Waals surface area contributed by atoms with Crippen molar-refractivity contribution in [2.45, 2.75) is 25.7 Å². The van der Waals surface area contributed by atoms with Gasteiger partial charge in [-0.1, -0.05) is 12.1 Å². The Balaban J connectivity index is 1.72. The molecule has 0 unspecified atom stereocenters. The second kappa shape index (κ2) is 9.33. The lowest BCUT2D eigenvalue weighted by Gasteiger charge is -2.28. The Labute approximate surface area is 163 Å². The molecular weight excluding hydrogens is 336 g/mol. The first-order valence-corrected chi connectivity index (χ1v) is 10.1. The van der Waals surface area contributed by atoms with Crippen molar-refractivity contribution in [1.82, 2.24) is 14.9 Å². The molecule has 0 amide bonds. The lowest BCUT2D eigenvalue weighted by atomic mass is 9.82. The average molecular weight is 371 g/mol. The van der Waals surface area contributed by atoms with Crippen molar-refractivity contribution < 1.29 is 0 Å². The van der Waals surface area contributed by atoms with Crippen LogP contribution in [0.5, 0.6) is 0 Å². The van der Waals surface area contributed by atoms with Gasteiger partial charge in [-0.25, -0.2) is 4.98 Å². The van der Waals surface area contributed by atoms with E-state index in [2.05, 4.69) is 54.5 Å². The number of nitrogens with two attached hydrogens (primary N) is 1. The number of likely N-dealkylation sites (N-methyl/N-ethyl adjacent to an activating group) is 2. The van der Waals surface area contributed by atoms with Gasteiger partial charge in [-0.15, -0.1) is 0 Å². The molecule has 1 heterocycles. The van der Waals surface area contributed by atoms with Crippen LogP contribution < -0.4 is 16.0 Å². The maximum atomic E-state index is 5.81. The minimum absolute atomic E-state index is 0.692. The lowest BCUT2D eigenvalue weighted by molar-refractivity contribution is 0.289. The second-order valence-electron chi connectivity index (χ2n) is 8.12. The van der Waals surface area contributed by atoms with Gasteiger partial charge in [-0.05, 0) is 70.3 Å². The summed E-state index contributed by atoms with van der Waals surface area (Å²) in [5.74, 6) is 3.14. The molecule has 3 N–H and O–H groups in total. The number of anilines is 2. The molecule has 0 atom stereocenters. The standard InChI is InChI=1S/C21H34N6/c1-26(2)12-13-27(3)20-18-6-4-5-7-19(18)24-21(25-20)23-15-17-10-8-16(14-22)9-11-17/h4-7,16-17H,8-15,22H2,1-3H3,(H,23,24,25). The maximum Gasteiger partial charge on any atom is 0.225 e. The Hall–Kier alpha value is -1.92. The number of hydrogen-bond donors (Lipinski definition) is 2. The summed E-state index contributed by atoms with van der Waals surface area (Å²) in [6.07, 6.45) is 5.00. The van der Waals surface area contributed by atoms with Crippen molar-refractivity contribution in [2.24, 2.45) is 17.6 Å². The highest BCUT2D eigenvalue weighted by Gasteiger charge is 2.20. The van der Waals surface area contributed by atoms with Crippen LogP contribution in [0, 0.1) is 11.8 Å². The van der Waals surface area contributed by atoms with Gasteiger partial charge in [0.05, 0.1) is 5.52 Å².